The van der Waals surface area contributed by atoms with Crippen molar-refractivity contribution in [2.45, 2.75) is 13.3 Å². The van der Waals surface area contributed by atoms with Gasteiger partial charge in [-0.3, -0.25) is 0 Å². The number of hydrogen-bond donors (Lipinski definition) is 1. The third-order valence-corrected chi connectivity index (χ3v) is 2.66. The van der Waals surface area contributed by atoms with Gasteiger partial charge in [0.15, 0.2) is 11.6 Å². The fourth-order valence-corrected chi connectivity index (χ4v) is 1.69. The maximum absolute atomic E-state index is 13.4. The number of benzene rings is 1. The van der Waals surface area contributed by atoms with Gasteiger partial charge in [-0.2, -0.15) is 0 Å². The predicted molar refractivity (Wildman–Crippen MR) is 62.2 cm³/mol. The van der Waals surface area contributed by atoms with Crippen molar-refractivity contribution in [3.63, 3.8) is 0 Å². The molecule has 1 aliphatic rings. The summed E-state index contributed by atoms with van der Waals surface area (Å²) in [6.07, 6.45) is 3.09. The molecule has 0 spiro atoms. The van der Waals surface area contributed by atoms with E-state index in [2.05, 4.69) is 11.4 Å². The summed E-state index contributed by atoms with van der Waals surface area (Å²) in [5.74, 6) is 0.0552. The van der Waals surface area contributed by atoms with Crippen LogP contribution in [0.25, 0.3) is 0 Å². The van der Waals surface area contributed by atoms with Crippen LogP contribution in [0, 0.1) is 12.7 Å². The van der Waals surface area contributed by atoms with Crippen molar-refractivity contribution in [3.8, 4) is 5.75 Å². The Labute approximate surface area is 95.1 Å². The normalized spacial score (nSPS) is 15.8. The maximum Gasteiger partial charge on any atom is 0.165 e. The van der Waals surface area contributed by atoms with Crippen LogP contribution < -0.4 is 10.1 Å². The number of ether oxygens (including phenoxy) is 1. The molecule has 2 nitrogen and oxygen atoms in total. The highest BCUT2D eigenvalue weighted by molar-refractivity contribution is 5.29. The summed E-state index contributed by atoms with van der Waals surface area (Å²) in [6.45, 7) is 4.28. The average molecular weight is 221 g/mol. The summed E-state index contributed by atoms with van der Waals surface area (Å²) in [7, 11) is 0. The molecule has 0 amide bonds. The van der Waals surface area contributed by atoms with Crippen LogP contribution in [0.4, 0.5) is 4.39 Å². The second-order valence-electron chi connectivity index (χ2n) is 4.04. The molecule has 0 saturated heterocycles. The van der Waals surface area contributed by atoms with Gasteiger partial charge in [-0.25, -0.2) is 4.39 Å². The molecule has 0 atom stereocenters. The Morgan fingerprint density at radius 1 is 1.44 bits per heavy atom. The average Bonchev–Trinajstić information content (AvgIpc) is 2.32. The fraction of sp³-hybridized carbons (Fsp3) is 0.385. The molecule has 1 heterocycles. The van der Waals surface area contributed by atoms with Gasteiger partial charge in [0.25, 0.3) is 0 Å². The van der Waals surface area contributed by atoms with Crippen molar-refractivity contribution >= 4 is 0 Å². The van der Waals surface area contributed by atoms with Crippen LogP contribution in [0.15, 0.2) is 29.8 Å². The highest BCUT2D eigenvalue weighted by atomic mass is 19.1. The fourth-order valence-electron chi connectivity index (χ4n) is 1.69. The van der Waals surface area contributed by atoms with Crippen molar-refractivity contribution in [3.05, 3.63) is 41.2 Å². The summed E-state index contributed by atoms with van der Waals surface area (Å²) >= 11 is 0. The predicted octanol–water partition coefficient (Wildman–Crippen LogP) is 2.43. The number of nitrogens with one attached hydrogen (secondary N) is 1. The second kappa shape index (κ2) is 5.12. The van der Waals surface area contributed by atoms with E-state index in [9.17, 15) is 4.39 Å². The first-order valence-corrected chi connectivity index (χ1v) is 5.53. The lowest BCUT2D eigenvalue weighted by molar-refractivity contribution is 0.325. The van der Waals surface area contributed by atoms with E-state index in [0.717, 1.165) is 25.1 Å². The van der Waals surface area contributed by atoms with Gasteiger partial charge in [-0.15, -0.1) is 0 Å². The molecule has 0 radical (unpaired) electrons. The Morgan fingerprint density at radius 3 is 3.06 bits per heavy atom. The molecule has 0 aromatic heterocycles. The van der Waals surface area contributed by atoms with Crippen molar-refractivity contribution in [1.29, 1.82) is 0 Å². The van der Waals surface area contributed by atoms with Crippen LogP contribution in [-0.4, -0.2) is 19.7 Å². The number of rotatable bonds is 3. The molecule has 0 saturated carbocycles. The molecule has 3 heteroatoms. The van der Waals surface area contributed by atoms with Crippen LogP contribution in [0.5, 0.6) is 5.75 Å². The van der Waals surface area contributed by atoms with Crippen LogP contribution in [0.2, 0.25) is 0 Å². The van der Waals surface area contributed by atoms with E-state index in [1.54, 1.807) is 12.1 Å². The summed E-state index contributed by atoms with van der Waals surface area (Å²) in [6, 6.07) is 4.92. The van der Waals surface area contributed by atoms with Gasteiger partial charge in [-0.1, -0.05) is 12.1 Å². The lowest BCUT2D eigenvalue weighted by Gasteiger charge is -2.15. The molecule has 0 aliphatic carbocycles. The van der Waals surface area contributed by atoms with E-state index in [1.807, 2.05) is 6.92 Å². The topological polar surface area (TPSA) is 21.3 Å². The molecular formula is C13H16FNO. The Kier molecular flexibility index (Phi) is 3.57. The lowest BCUT2D eigenvalue weighted by Crippen LogP contribution is -2.22. The second-order valence-corrected chi connectivity index (χ2v) is 4.04. The highest BCUT2D eigenvalue weighted by Crippen LogP contribution is 2.19. The Hall–Kier alpha value is -1.35. The van der Waals surface area contributed by atoms with Gasteiger partial charge in [0.05, 0.1) is 0 Å². The zero-order chi connectivity index (χ0) is 11.4. The minimum absolute atomic E-state index is 0.292. The zero-order valence-electron chi connectivity index (χ0n) is 9.42. The van der Waals surface area contributed by atoms with Crippen LogP contribution >= 0.6 is 0 Å². The third-order valence-electron chi connectivity index (χ3n) is 2.66. The first-order chi connectivity index (χ1) is 7.75. The van der Waals surface area contributed by atoms with E-state index < -0.39 is 0 Å². The summed E-state index contributed by atoms with van der Waals surface area (Å²) < 4.78 is 18.9. The molecule has 1 aliphatic heterocycles. The first-order valence-electron chi connectivity index (χ1n) is 5.53. The van der Waals surface area contributed by atoms with Gasteiger partial charge in [-0.05, 0) is 43.2 Å². The molecule has 1 aromatic carbocycles. The standard InChI is InChI=1S/C13H16FNO/c1-10-2-3-12(14)13(8-10)16-9-11-4-6-15-7-5-11/h2-4,8,15H,5-7,9H2,1H3. The monoisotopic (exact) mass is 221 g/mol. The van der Waals surface area contributed by atoms with Crippen LogP contribution in [0.1, 0.15) is 12.0 Å². The number of aryl methyl sites for hydroxylation is 1. The molecule has 0 bridgehead atoms. The Bertz CT molecular complexity index is 401. The van der Waals surface area contributed by atoms with Gasteiger partial charge in [0, 0.05) is 6.54 Å². The van der Waals surface area contributed by atoms with Gasteiger partial charge in [0.2, 0.25) is 0 Å². The number of hydrogen-bond acceptors (Lipinski definition) is 2. The minimum Gasteiger partial charge on any atom is -0.486 e. The number of halogens is 1. The van der Waals surface area contributed by atoms with Crippen LogP contribution in [0.3, 0.4) is 0 Å². The summed E-state index contributed by atoms with van der Waals surface area (Å²) in [5, 5.41) is 3.23. The zero-order valence-corrected chi connectivity index (χ0v) is 9.42. The highest BCUT2D eigenvalue weighted by Gasteiger charge is 2.06. The lowest BCUT2D eigenvalue weighted by atomic mass is 10.1. The van der Waals surface area contributed by atoms with E-state index in [-0.39, 0.29) is 5.82 Å². The van der Waals surface area contributed by atoms with Gasteiger partial charge < -0.3 is 10.1 Å². The molecule has 1 aromatic rings. The molecule has 1 N–H and O–H groups in total. The van der Waals surface area contributed by atoms with E-state index >= 15 is 0 Å². The molecular weight excluding hydrogens is 205 g/mol. The van der Waals surface area contributed by atoms with E-state index in [0.29, 0.717) is 12.4 Å². The summed E-state index contributed by atoms with van der Waals surface area (Å²) in [5.41, 5.74) is 2.25. The Morgan fingerprint density at radius 2 is 2.31 bits per heavy atom. The van der Waals surface area contributed by atoms with Crippen LogP contribution in [-0.2, 0) is 0 Å². The SMILES string of the molecule is Cc1ccc(F)c(OCC2=CCNCC2)c1. The molecule has 0 fully saturated rings. The maximum atomic E-state index is 13.4. The van der Waals surface area contributed by atoms with E-state index in [1.165, 1.54) is 11.6 Å². The quantitative estimate of drug-likeness (QED) is 0.791. The Balaban J connectivity index is 1.98. The van der Waals surface area contributed by atoms with E-state index in [4.69, 9.17) is 4.74 Å². The van der Waals surface area contributed by atoms with Crippen molar-refractivity contribution in [2.75, 3.05) is 19.7 Å². The third kappa shape index (κ3) is 2.83. The van der Waals surface area contributed by atoms with Crippen molar-refractivity contribution < 1.29 is 9.13 Å². The van der Waals surface area contributed by atoms with Gasteiger partial charge in [0.1, 0.15) is 6.61 Å². The smallest absolute Gasteiger partial charge is 0.165 e. The van der Waals surface area contributed by atoms with Gasteiger partial charge >= 0.3 is 0 Å². The molecule has 16 heavy (non-hydrogen) atoms. The first kappa shape index (κ1) is 11.1. The largest absolute Gasteiger partial charge is 0.486 e. The molecule has 2 rings (SSSR count). The molecule has 86 valence electrons. The van der Waals surface area contributed by atoms with Crippen molar-refractivity contribution in [1.82, 2.24) is 5.32 Å². The van der Waals surface area contributed by atoms with Crippen molar-refractivity contribution in [2.24, 2.45) is 0 Å². The molecule has 0 unspecified atom stereocenters. The minimum atomic E-state index is -0.292. The summed E-state index contributed by atoms with van der Waals surface area (Å²) in [4.78, 5) is 0.